The fourth-order valence-electron chi connectivity index (χ4n) is 1.24. The minimum atomic E-state index is -1.83. The predicted molar refractivity (Wildman–Crippen MR) is 72.6 cm³/mol. The first-order valence-corrected chi connectivity index (χ1v) is 6.11. The van der Waals surface area contributed by atoms with Gasteiger partial charge in [-0.1, -0.05) is 43.1 Å². The number of rotatable bonds is 6. The summed E-state index contributed by atoms with van der Waals surface area (Å²) in [7, 11) is 0. The fourth-order valence-corrected chi connectivity index (χ4v) is 1.24. The van der Waals surface area contributed by atoms with Crippen molar-refractivity contribution in [3.05, 3.63) is 23.3 Å². The molecule has 0 saturated carbocycles. The van der Waals surface area contributed by atoms with E-state index in [1.54, 1.807) is 5.57 Å². The molecule has 3 nitrogen and oxygen atoms in total. The summed E-state index contributed by atoms with van der Waals surface area (Å²) in [6, 6.07) is 0. The molecule has 0 amide bonds. The number of allylic oxidation sites excluding steroid dienone is 4. The third kappa shape index (κ3) is 25.2. The molecule has 17 heavy (non-hydrogen) atoms. The lowest BCUT2D eigenvalue weighted by atomic mass is 10.1. The van der Waals surface area contributed by atoms with E-state index in [0.717, 1.165) is 0 Å². The standard InChI is InChI=1S/C13H24.CH2O3/c1-5-6-7-10-13(4)11-8-9-12(2)3;2-1(3)4/h9-10H,5-8,11H2,1-4H3;(H2,2,3,4)/b13-10+;. The van der Waals surface area contributed by atoms with Crippen molar-refractivity contribution < 1.29 is 15.0 Å². The van der Waals surface area contributed by atoms with Gasteiger partial charge in [-0.15, -0.1) is 0 Å². The van der Waals surface area contributed by atoms with Gasteiger partial charge in [0.25, 0.3) is 0 Å². The summed E-state index contributed by atoms with van der Waals surface area (Å²) < 4.78 is 0. The van der Waals surface area contributed by atoms with Gasteiger partial charge in [-0.25, -0.2) is 4.79 Å². The molecule has 0 rings (SSSR count). The van der Waals surface area contributed by atoms with Crippen LogP contribution in [0.5, 0.6) is 0 Å². The van der Waals surface area contributed by atoms with Gasteiger partial charge in [0.2, 0.25) is 0 Å². The molecule has 0 heterocycles. The van der Waals surface area contributed by atoms with Crippen LogP contribution in [0.15, 0.2) is 23.3 Å². The molecule has 0 aromatic heterocycles. The highest BCUT2D eigenvalue weighted by Gasteiger charge is 1.88. The molecular formula is C14H26O3. The third-order valence-corrected chi connectivity index (χ3v) is 2.14. The van der Waals surface area contributed by atoms with Crippen molar-refractivity contribution in [1.82, 2.24) is 0 Å². The van der Waals surface area contributed by atoms with Crippen LogP contribution in [0, 0.1) is 0 Å². The minimum absolute atomic E-state index is 1.21. The summed E-state index contributed by atoms with van der Waals surface area (Å²) in [4.78, 5) is 8.56. The molecule has 0 spiro atoms. The van der Waals surface area contributed by atoms with Crippen LogP contribution in [-0.2, 0) is 0 Å². The number of hydrogen-bond donors (Lipinski definition) is 2. The van der Waals surface area contributed by atoms with E-state index in [0.29, 0.717) is 0 Å². The van der Waals surface area contributed by atoms with Crippen LogP contribution >= 0.6 is 0 Å². The lowest BCUT2D eigenvalue weighted by molar-refractivity contribution is 0.137. The Balaban J connectivity index is 0. The molecule has 0 aromatic carbocycles. The van der Waals surface area contributed by atoms with E-state index in [9.17, 15) is 0 Å². The number of hydrogen-bond acceptors (Lipinski definition) is 1. The second-order valence-corrected chi connectivity index (χ2v) is 4.30. The molecule has 0 aliphatic rings. The predicted octanol–water partition coefficient (Wildman–Crippen LogP) is 5.09. The molecule has 0 fully saturated rings. The second-order valence-electron chi connectivity index (χ2n) is 4.30. The smallest absolute Gasteiger partial charge is 0.450 e. The van der Waals surface area contributed by atoms with Crippen LogP contribution in [0.1, 0.15) is 59.8 Å². The van der Waals surface area contributed by atoms with Gasteiger partial charge >= 0.3 is 6.16 Å². The van der Waals surface area contributed by atoms with Gasteiger partial charge in [0.1, 0.15) is 0 Å². The van der Waals surface area contributed by atoms with E-state index in [1.807, 2.05) is 0 Å². The normalized spacial score (nSPS) is 10.2. The Morgan fingerprint density at radius 1 is 1.06 bits per heavy atom. The molecule has 0 saturated heterocycles. The molecule has 0 atom stereocenters. The fraction of sp³-hybridized carbons (Fsp3) is 0.643. The summed E-state index contributed by atoms with van der Waals surface area (Å²) in [5, 5.41) is 13.9. The van der Waals surface area contributed by atoms with Gasteiger partial charge in [0, 0.05) is 0 Å². The van der Waals surface area contributed by atoms with Crippen molar-refractivity contribution in [2.45, 2.75) is 59.8 Å². The monoisotopic (exact) mass is 242 g/mol. The molecule has 3 heteroatoms. The van der Waals surface area contributed by atoms with Crippen LogP contribution in [0.3, 0.4) is 0 Å². The Kier molecular flexibility index (Phi) is 13.7. The first-order chi connectivity index (χ1) is 7.90. The Labute approximate surface area is 105 Å². The second kappa shape index (κ2) is 12.8. The number of carboxylic acid groups (broad SMARTS) is 2. The molecule has 0 aliphatic carbocycles. The Morgan fingerprint density at radius 3 is 2.00 bits per heavy atom. The van der Waals surface area contributed by atoms with Gasteiger partial charge in [-0.3, -0.25) is 0 Å². The Morgan fingerprint density at radius 2 is 1.59 bits per heavy atom. The van der Waals surface area contributed by atoms with Crippen LogP contribution in [0.2, 0.25) is 0 Å². The Bertz CT molecular complexity index is 244. The van der Waals surface area contributed by atoms with Gasteiger partial charge in [0.05, 0.1) is 0 Å². The third-order valence-electron chi connectivity index (χ3n) is 2.14. The maximum atomic E-state index is 8.56. The van der Waals surface area contributed by atoms with Crippen molar-refractivity contribution in [3.8, 4) is 0 Å². The summed E-state index contributed by atoms with van der Waals surface area (Å²) in [5.41, 5.74) is 2.98. The zero-order chi connectivity index (χ0) is 13.7. The quantitative estimate of drug-likeness (QED) is 0.503. The minimum Gasteiger partial charge on any atom is -0.450 e. The average Bonchev–Trinajstić information content (AvgIpc) is 2.16. The van der Waals surface area contributed by atoms with Crippen LogP contribution in [-0.4, -0.2) is 16.4 Å². The highest BCUT2D eigenvalue weighted by molar-refractivity contribution is 5.53. The Hall–Kier alpha value is -1.25. The van der Waals surface area contributed by atoms with Crippen molar-refractivity contribution in [2.24, 2.45) is 0 Å². The summed E-state index contributed by atoms with van der Waals surface area (Å²) >= 11 is 0. The van der Waals surface area contributed by atoms with E-state index in [-0.39, 0.29) is 0 Å². The van der Waals surface area contributed by atoms with E-state index in [4.69, 9.17) is 15.0 Å². The zero-order valence-corrected chi connectivity index (χ0v) is 11.5. The SMILES string of the molecule is CCCC/C=C(\C)CCC=C(C)C.O=C(O)O. The molecular weight excluding hydrogens is 216 g/mol. The van der Waals surface area contributed by atoms with Gasteiger partial charge < -0.3 is 10.2 Å². The van der Waals surface area contributed by atoms with Crippen molar-refractivity contribution in [2.75, 3.05) is 0 Å². The summed E-state index contributed by atoms with van der Waals surface area (Å²) in [6.07, 6.45) is 9.21. The van der Waals surface area contributed by atoms with Crippen molar-refractivity contribution in [1.29, 1.82) is 0 Å². The first kappa shape index (κ1) is 18.1. The summed E-state index contributed by atoms with van der Waals surface area (Å²) in [5.74, 6) is 0. The van der Waals surface area contributed by atoms with E-state index < -0.39 is 6.16 Å². The zero-order valence-electron chi connectivity index (χ0n) is 11.5. The average molecular weight is 242 g/mol. The number of unbranched alkanes of at least 4 members (excludes halogenated alkanes) is 2. The lowest BCUT2D eigenvalue weighted by Crippen LogP contribution is -1.81. The lowest BCUT2D eigenvalue weighted by Gasteiger charge is -1.98. The van der Waals surface area contributed by atoms with Crippen LogP contribution in [0.25, 0.3) is 0 Å². The van der Waals surface area contributed by atoms with Gasteiger partial charge in [-0.2, -0.15) is 0 Å². The topological polar surface area (TPSA) is 57.5 Å². The van der Waals surface area contributed by atoms with Crippen LogP contribution < -0.4 is 0 Å². The molecule has 0 bridgehead atoms. The van der Waals surface area contributed by atoms with E-state index in [1.165, 1.54) is 37.7 Å². The van der Waals surface area contributed by atoms with E-state index >= 15 is 0 Å². The maximum absolute atomic E-state index is 8.56. The first-order valence-electron chi connectivity index (χ1n) is 6.11. The maximum Gasteiger partial charge on any atom is 0.503 e. The molecule has 0 aromatic rings. The van der Waals surface area contributed by atoms with Crippen LogP contribution in [0.4, 0.5) is 4.79 Å². The number of carbonyl (C=O) groups is 1. The van der Waals surface area contributed by atoms with E-state index in [2.05, 4.69) is 39.8 Å². The molecule has 100 valence electrons. The van der Waals surface area contributed by atoms with Gasteiger partial charge in [-0.05, 0) is 40.0 Å². The molecule has 0 aliphatic heterocycles. The molecule has 2 N–H and O–H groups in total. The molecule has 0 radical (unpaired) electrons. The largest absolute Gasteiger partial charge is 0.503 e. The summed E-state index contributed by atoms with van der Waals surface area (Å²) in [6.45, 7) is 8.81. The molecule has 0 unspecified atom stereocenters. The van der Waals surface area contributed by atoms with Gasteiger partial charge in [0.15, 0.2) is 0 Å². The highest BCUT2D eigenvalue weighted by atomic mass is 16.6. The highest BCUT2D eigenvalue weighted by Crippen LogP contribution is 2.08. The van der Waals surface area contributed by atoms with Crippen molar-refractivity contribution in [3.63, 3.8) is 0 Å². The van der Waals surface area contributed by atoms with Crippen molar-refractivity contribution >= 4 is 6.16 Å².